The van der Waals surface area contributed by atoms with Gasteiger partial charge in [0.2, 0.25) is 0 Å². The highest BCUT2D eigenvalue weighted by atomic mass is 16.5. The summed E-state index contributed by atoms with van der Waals surface area (Å²) in [7, 11) is 0. The smallest absolute Gasteiger partial charge is 0.261 e. The van der Waals surface area contributed by atoms with Gasteiger partial charge in [0.1, 0.15) is 17.8 Å². The fourth-order valence-corrected chi connectivity index (χ4v) is 2.20. The molecule has 0 aliphatic rings. The van der Waals surface area contributed by atoms with Crippen LogP contribution >= 0.6 is 0 Å². The molecule has 1 amide bonds. The number of carbonyl (C=O) groups excluding carboxylic acids is 1. The lowest BCUT2D eigenvalue weighted by Gasteiger charge is -2.02. The summed E-state index contributed by atoms with van der Waals surface area (Å²) in [6.07, 6.45) is 1.58. The Morgan fingerprint density at radius 2 is 2.04 bits per heavy atom. The molecule has 0 saturated carbocycles. The van der Waals surface area contributed by atoms with Gasteiger partial charge in [-0.25, -0.2) is 10.1 Å². The van der Waals surface area contributed by atoms with Gasteiger partial charge in [-0.3, -0.25) is 4.79 Å². The molecule has 0 spiro atoms. The molecule has 122 valence electrons. The SMILES string of the molecule is CCOc1ccc(/C=N/NC(=O)Cn2nnc3ccccc32)cc1. The van der Waals surface area contributed by atoms with Crippen LogP contribution in [0.25, 0.3) is 11.0 Å². The standard InChI is InChI=1S/C17H17N5O2/c1-2-24-14-9-7-13(8-10-14)11-18-20-17(23)12-22-16-6-4-3-5-15(16)19-21-22/h3-11H,2,12H2,1H3,(H,20,23)/b18-11+. The minimum atomic E-state index is -0.271. The average molecular weight is 323 g/mol. The lowest BCUT2D eigenvalue weighted by atomic mass is 10.2. The summed E-state index contributed by atoms with van der Waals surface area (Å²) in [6, 6.07) is 14.9. The van der Waals surface area contributed by atoms with E-state index in [2.05, 4.69) is 20.8 Å². The van der Waals surface area contributed by atoms with Crippen molar-refractivity contribution in [3.05, 3.63) is 54.1 Å². The number of hydrogen-bond acceptors (Lipinski definition) is 5. The zero-order valence-corrected chi connectivity index (χ0v) is 13.2. The Labute approximate surface area is 138 Å². The van der Waals surface area contributed by atoms with Gasteiger partial charge in [-0.15, -0.1) is 5.10 Å². The van der Waals surface area contributed by atoms with Gasteiger partial charge in [0, 0.05) is 0 Å². The first kappa shape index (κ1) is 15.7. The second kappa shape index (κ2) is 7.36. The van der Waals surface area contributed by atoms with Crippen molar-refractivity contribution >= 4 is 23.2 Å². The number of hydrazone groups is 1. The van der Waals surface area contributed by atoms with Gasteiger partial charge < -0.3 is 4.74 Å². The number of hydrogen-bond donors (Lipinski definition) is 1. The van der Waals surface area contributed by atoms with Crippen molar-refractivity contribution in [1.29, 1.82) is 0 Å². The highest BCUT2D eigenvalue weighted by Gasteiger charge is 2.07. The lowest BCUT2D eigenvalue weighted by Crippen LogP contribution is -2.23. The fraction of sp³-hybridized carbons (Fsp3) is 0.176. The molecule has 24 heavy (non-hydrogen) atoms. The van der Waals surface area contributed by atoms with E-state index in [1.54, 1.807) is 6.21 Å². The normalized spacial score (nSPS) is 11.0. The van der Waals surface area contributed by atoms with Gasteiger partial charge in [-0.05, 0) is 48.9 Å². The van der Waals surface area contributed by atoms with Crippen molar-refractivity contribution in [1.82, 2.24) is 20.4 Å². The summed E-state index contributed by atoms with van der Waals surface area (Å²) in [5.74, 6) is 0.532. The van der Waals surface area contributed by atoms with E-state index in [-0.39, 0.29) is 12.5 Å². The van der Waals surface area contributed by atoms with Crippen molar-refractivity contribution in [2.45, 2.75) is 13.5 Å². The van der Waals surface area contributed by atoms with Gasteiger partial charge in [0.05, 0.1) is 18.3 Å². The van der Waals surface area contributed by atoms with Crippen LogP contribution in [0.2, 0.25) is 0 Å². The third kappa shape index (κ3) is 3.75. The van der Waals surface area contributed by atoms with E-state index < -0.39 is 0 Å². The third-order valence-corrected chi connectivity index (χ3v) is 3.31. The molecular weight excluding hydrogens is 306 g/mol. The molecule has 2 aromatic carbocycles. The first-order chi connectivity index (χ1) is 11.8. The van der Waals surface area contributed by atoms with Crippen LogP contribution in [0.5, 0.6) is 5.75 Å². The van der Waals surface area contributed by atoms with Crippen LogP contribution in [0, 0.1) is 0 Å². The number of nitrogens with zero attached hydrogens (tertiary/aromatic N) is 4. The molecule has 7 nitrogen and oxygen atoms in total. The Balaban J connectivity index is 1.57. The number of carbonyl (C=O) groups is 1. The van der Waals surface area contributed by atoms with Crippen molar-refractivity contribution in [2.24, 2.45) is 5.10 Å². The predicted molar refractivity (Wildman–Crippen MR) is 90.9 cm³/mol. The van der Waals surface area contributed by atoms with Crippen molar-refractivity contribution in [2.75, 3.05) is 6.61 Å². The number of fused-ring (bicyclic) bond motifs is 1. The number of ether oxygens (including phenoxy) is 1. The van der Waals surface area contributed by atoms with E-state index in [4.69, 9.17) is 4.74 Å². The van der Waals surface area contributed by atoms with Crippen molar-refractivity contribution in [3.8, 4) is 5.75 Å². The highest BCUT2D eigenvalue weighted by molar-refractivity contribution is 5.83. The summed E-state index contributed by atoms with van der Waals surface area (Å²) < 4.78 is 6.91. The zero-order chi connectivity index (χ0) is 16.8. The molecule has 0 radical (unpaired) electrons. The molecule has 0 fully saturated rings. The van der Waals surface area contributed by atoms with Gasteiger partial charge >= 0.3 is 0 Å². The van der Waals surface area contributed by atoms with Crippen LogP contribution in [0.3, 0.4) is 0 Å². The molecule has 1 N–H and O–H groups in total. The Morgan fingerprint density at radius 1 is 1.25 bits per heavy atom. The Morgan fingerprint density at radius 3 is 2.83 bits per heavy atom. The van der Waals surface area contributed by atoms with Crippen LogP contribution in [0.4, 0.5) is 0 Å². The van der Waals surface area contributed by atoms with E-state index >= 15 is 0 Å². The van der Waals surface area contributed by atoms with Crippen LogP contribution in [0.1, 0.15) is 12.5 Å². The largest absolute Gasteiger partial charge is 0.494 e. The molecule has 7 heteroatoms. The number of amides is 1. The predicted octanol–water partition coefficient (Wildman–Crippen LogP) is 1.98. The second-order valence-electron chi connectivity index (χ2n) is 5.03. The molecule has 3 rings (SSSR count). The van der Waals surface area contributed by atoms with E-state index in [0.29, 0.717) is 6.61 Å². The van der Waals surface area contributed by atoms with Gasteiger partial charge in [-0.1, -0.05) is 17.3 Å². The molecular formula is C17H17N5O2. The van der Waals surface area contributed by atoms with Gasteiger partial charge in [-0.2, -0.15) is 5.10 Å². The molecule has 0 unspecified atom stereocenters. The van der Waals surface area contributed by atoms with Crippen LogP contribution < -0.4 is 10.2 Å². The first-order valence-electron chi connectivity index (χ1n) is 7.59. The van der Waals surface area contributed by atoms with Crippen LogP contribution in [0.15, 0.2) is 53.6 Å². The Kier molecular flexibility index (Phi) is 4.81. The summed E-state index contributed by atoms with van der Waals surface area (Å²) in [5.41, 5.74) is 4.91. The van der Waals surface area contributed by atoms with Crippen LogP contribution in [-0.4, -0.2) is 33.7 Å². The van der Waals surface area contributed by atoms with E-state index in [1.165, 1.54) is 4.68 Å². The molecule has 0 aliphatic carbocycles. The number of benzene rings is 2. The fourth-order valence-electron chi connectivity index (χ4n) is 2.20. The number of para-hydroxylation sites is 1. The minimum absolute atomic E-state index is 0.0567. The Hall–Kier alpha value is -3.22. The van der Waals surface area contributed by atoms with Crippen molar-refractivity contribution in [3.63, 3.8) is 0 Å². The monoisotopic (exact) mass is 323 g/mol. The molecule has 3 aromatic rings. The summed E-state index contributed by atoms with van der Waals surface area (Å²) in [6.45, 7) is 2.62. The third-order valence-electron chi connectivity index (χ3n) is 3.31. The highest BCUT2D eigenvalue weighted by Crippen LogP contribution is 2.11. The van der Waals surface area contributed by atoms with Gasteiger partial charge in [0.15, 0.2) is 0 Å². The summed E-state index contributed by atoms with van der Waals surface area (Å²) >= 11 is 0. The second-order valence-corrected chi connectivity index (χ2v) is 5.03. The van der Waals surface area contributed by atoms with E-state index in [0.717, 1.165) is 22.3 Å². The lowest BCUT2D eigenvalue weighted by molar-refractivity contribution is -0.121. The topological polar surface area (TPSA) is 81.4 Å². The molecule has 0 saturated heterocycles. The number of nitrogens with one attached hydrogen (secondary N) is 1. The number of rotatable bonds is 6. The van der Waals surface area contributed by atoms with E-state index in [1.807, 2.05) is 55.5 Å². The van der Waals surface area contributed by atoms with Crippen LogP contribution in [-0.2, 0) is 11.3 Å². The Bertz CT molecular complexity index is 855. The zero-order valence-electron chi connectivity index (χ0n) is 13.2. The number of aromatic nitrogens is 3. The summed E-state index contributed by atoms with van der Waals surface area (Å²) in [5, 5.41) is 11.9. The first-order valence-corrected chi connectivity index (χ1v) is 7.59. The molecule has 1 aromatic heterocycles. The maximum Gasteiger partial charge on any atom is 0.261 e. The summed E-state index contributed by atoms with van der Waals surface area (Å²) in [4.78, 5) is 12.0. The molecule has 1 heterocycles. The van der Waals surface area contributed by atoms with Gasteiger partial charge in [0.25, 0.3) is 5.91 Å². The minimum Gasteiger partial charge on any atom is -0.494 e. The van der Waals surface area contributed by atoms with E-state index in [9.17, 15) is 4.79 Å². The molecule has 0 aliphatic heterocycles. The quantitative estimate of drug-likeness (QED) is 0.555. The maximum absolute atomic E-state index is 12.0. The molecule has 0 bridgehead atoms. The average Bonchev–Trinajstić information content (AvgIpc) is 3.00. The van der Waals surface area contributed by atoms with Crippen molar-refractivity contribution < 1.29 is 9.53 Å². The maximum atomic E-state index is 12.0. The molecule has 0 atom stereocenters.